The Morgan fingerprint density at radius 3 is 2.72 bits per heavy atom. The van der Waals surface area contributed by atoms with Crippen molar-refractivity contribution in [3.8, 4) is 11.5 Å². The average Bonchev–Trinajstić information content (AvgIpc) is 2.86. The molecule has 1 aliphatic rings. The fraction of sp³-hybridized carbons (Fsp3) is 0.500. The van der Waals surface area contributed by atoms with Crippen LogP contribution in [0.4, 0.5) is 0 Å². The predicted molar refractivity (Wildman–Crippen MR) is 67.2 cm³/mol. The molecule has 1 saturated heterocycles. The van der Waals surface area contributed by atoms with Crippen LogP contribution < -0.4 is 15.2 Å². The van der Waals surface area contributed by atoms with E-state index in [1.54, 1.807) is 19.2 Å². The molecule has 2 N–H and O–H groups in total. The van der Waals surface area contributed by atoms with Crippen molar-refractivity contribution in [2.75, 3.05) is 27.4 Å². The van der Waals surface area contributed by atoms with E-state index in [4.69, 9.17) is 36.3 Å². The molecule has 18 heavy (non-hydrogen) atoms. The second-order valence-electron chi connectivity index (χ2n) is 3.86. The Kier molecular flexibility index (Phi) is 4.29. The average molecular weight is 274 g/mol. The molecule has 1 heterocycles. The van der Waals surface area contributed by atoms with Gasteiger partial charge in [-0.2, -0.15) is 0 Å². The third-order valence-corrected chi connectivity index (χ3v) is 3.17. The van der Waals surface area contributed by atoms with Gasteiger partial charge in [0, 0.05) is 12.1 Å². The fourth-order valence-electron chi connectivity index (χ4n) is 1.82. The quantitative estimate of drug-likeness (QED) is 0.905. The Labute approximate surface area is 111 Å². The molecule has 1 aromatic carbocycles. The first-order valence-electron chi connectivity index (χ1n) is 5.58. The Hall–Kier alpha value is -1.01. The van der Waals surface area contributed by atoms with Crippen LogP contribution in [0, 0.1) is 0 Å². The van der Waals surface area contributed by atoms with Crippen LogP contribution in [-0.4, -0.2) is 33.5 Å². The van der Waals surface area contributed by atoms with Crippen molar-refractivity contribution in [3.05, 3.63) is 22.7 Å². The standard InChI is InChI=1S/C12H16ClNO4/c1-15-9-4-3-8(10(13)11(9)16-2)12-17-6-7(5-14)18-12/h3-4,7,12H,5-6,14H2,1-2H3. The molecule has 1 aromatic rings. The minimum absolute atomic E-state index is 0.0980. The van der Waals surface area contributed by atoms with Crippen LogP contribution in [0.15, 0.2) is 12.1 Å². The Bertz CT molecular complexity index is 427. The van der Waals surface area contributed by atoms with Gasteiger partial charge in [0.25, 0.3) is 0 Å². The third-order valence-electron chi connectivity index (χ3n) is 2.78. The van der Waals surface area contributed by atoms with Crippen LogP contribution in [0.5, 0.6) is 11.5 Å². The molecule has 5 nitrogen and oxygen atoms in total. The summed E-state index contributed by atoms with van der Waals surface area (Å²) in [5.41, 5.74) is 6.24. The number of nitrogens with two attached hydrogens (primary N) is 1. The number of methoxy groups -OCH3 is 2. The highest BCUT2D eigenvalue weighted by atomic mass is 35.5. The van der Waals surface area contributed by atoms with Gasteiger partial charge in [0.15, 0.2) is 17.8 Å². The lowest BCUT2D eigenvalue weighted by Crippen LogP contribution is -2.21. The summed E-state index contributed by atoms with van der Waals surface area (Å²) in [5, 5.41) is 0.430. The van der Waals surface area contributed by atoms with Gasteiger partial charge in [0.05, 0.1) is 32.0 Å². The first-order chi connectivity index (χ1) is 8.71. The summed E-state index contributed by atoms with van der Waals surface area (Å²) in [6, 6.07) is 3.57. The molecular formula is C12H16ClNO4. The maximum absolute atomic E-state index is 6.27. The Balaban J connectivity index is 2.29. The van der Waals surface area contributed by atoms with Gasteiger partial charge in [-0.15, -0.1) is 0 Å². The van der Waals surface area contributed by atoms with E-state index >= 15 is 0 Å². The van der Waals surface area contributed by atoms with E-state index in [1.807, 2.05) is 0 Å². The summed E-state index contributed by atoms with van der Waals surface area (Å²) in [6.07, 6.45) is -0.606. The maximum Gasteiger partial charge on any atom is 0.186 e. The van der Waals surface area contributed by atoms with Gasteiger partial charge < -0.3 is 24.7 Å². The lowest BCUT2D eigenvalue weighted by atomic mass is 10.2. The lowest BCUT2D eigenvalue weighted by Gasteiger charge is -2.16. The molecule has 0 bridgehead atoms. The van der Waals surface area contributed by atoms with Crippen molar-refractivity contribution in [3.63, 3.8) is 0 Å². The van der Waals surface area contributed by atoms with Gasteiger partial charge in [0.1, 0.15) is 0 Å². The number of benzene rings is 1. The highest BCUT2D eigenvalue weighted by molar-refractivity contribution is 6.33. The molecule has 0 aromatic heterocycles. The minimum atomic E-state index is -0.508. The summed E-state index contributed by atoms with van der Waals surface area (Å²) in [7, 11) is 3.09. The number of ether oxygens (including phenoxy) is 4. The second kappa shape index (κ2) is 5.75. The zero-order valence-corrected chi connectivity index (χ0v) is 11.1. The van der Waals surface area contributed by atoms with Crippen molar-refractivity contribution >= 4 is 11.6 Å². The molecule has 0 spiro atoms. The number of halogens is 1. The SMILES string of the molecule is COc1ccc(C2OCC(CN)O2)c(Cl)c1OC. The molecule has 0 amide bonds. The van der Waals surface area contributed by atoms with E-state index < -0.39 is 6.29 Å². The van der Waals surface area contributed by atoms with E-state index in [0.717, 1.165) is 0 Å². The van der Waals surface area contributed by atoms with Crippen LogP contribution in [0.1, 0.15) is 11.9 Å². The zero-order chi connectivity index (χ0) is 13.1. The summed E-state index contributed by atoms with van der Waals surface area (Å²) >= 11 is 6.27. The summed E-state index contributed by atoms with van der Waals surface area (Å²) in [6.45, 7) is 0.882. The van der Waals surface area contributed by atoms with Crippen LogP contribution >= 0.6 is 11.6 Å². The molecule has 0 radical (unpaired) electrons. The molecule has 0 aliphatic carbocycles. The van der Waals surface area contributed by atoms with E-state index in [0.29, 0.717) is 35.2 Å². The van der Waals surface area contributed by atoms with E-state index in [-0.39, 0.29) is 6.10 Å². The highest BCUT2D eigenvalue weighted by Crippen LogP contribution is 2.42. The lowest BCUT2D eigenvalue weighted by molar-refractivity contribution is -0.0585. The molecule has 0 saturated carbocycles. The van der Waals surface area contributed by atoms with Gasteiger partial charge in [-0.25, -0.2) is 0 Å². The summed E-state index contributed by atoms with van der Waals surface area (Å²) in [4.78, 5) is 0. The van der Waals surface area contributed by atoms with E-state index in [9.17, 15) is 0 Å². The van der Waals surface area contributed by atoms with Gasteiger partial charge in [-0.3, -0.25) is 0 Å². The molecule has 2 rings (SSSR count). The topological polar surface area (TPSA) is 62.9 Å². The van der Waals surface area contributed by atoms with Crippen molar-refractivity contribution in [1.82, 2.24) is 0 Å². The van der Waals surface area contributed by atoms with Crippen LogP contribution in [0.25, 0.3) is 0 Å². The maximum atomic E-state index is 6.27. The largest absolute Gasteiger partial charge is 0.493 e. The number of hydrogen-bond donors (Lipinski definition) is 1. The summed E-state index contributed by atoms with van der Waals surface area (Å²) in [5.74, 6) is 1.04. The molecule has 2 unspecified atom stereocenters. The zero-order valence-electron chi connectivity index (χ0n) is 10.3. The Morgan fingerprint density at radius 1 is 1.39 bits per heavy atom. The van der Waals surface area contributed by atoms with Crippen molar-refractivity contribution in [1.29, 1.82) is 0 Å². The molecule has 2 atom stereocenters. The monoisotopic (exact) mass is 273 g/mol. The third kappa shape index (κ3) is 2.40. The number of rotatable bonds is 4. The normalized spacial score (nSPS) is 23.1. The van der Waals surface area contributed by atoms with Gasteiger partial charge >= 0.3 is 0 Å². The fourth-order valence-corrected chi connectivity index (χ4v) is 2.14. The molecular weight excluding hydrogens is 258 g/mol. The molecule has 6 heteroatoms. The highest BCUT2D eigenvalue weighted by Gasteiger charge is 2.29. The molecule has 1 aliphatic heterocycles. The van der Waals surface area contributed by atoms with Crippen LogP contribution in [0.2, 0.25) is 5.02 Å². The van der Waals surface area contributed by atoms with Crippen molar-refractivity contribution in [2.24, 2.45) is 5.73 Å². The Morgan fingerprint density at radius 2 is 2.17 bits per heavy atom. The van der Waals surface area contributed by atoms with Gasteiger partial charge in [-0.1, -0.05) is 11.6 Å². The van der Waals surface area contributed by atoms with Crippen LogP contribution in [0.3, 0.4) is 0 Å². The van der Waals surface area contributed by atoms with Crippen molar-refractivity contribution in [2.45, 2.75) is 12.4 Å². The van der Waals surface area contributed by atoms with E-state index in [1.165, 1.54) is 7.11 Å². The molecule has 100 valence electrons. The first-order valence-corrected chi connectivity index (χ1v) is 5.96. The van der Waals surface area contributed by atoms with E-state index in [2.05, 4.69) is 0 Å². The van der Waals surface area contributed by atoms with Gasteiger partial charge in [-0.05, 0) is 12.1 Å². The summed E-state index contributed by atoms with van der Waals surface area (Å²) < 4.78 is 21.5. The minimum Gasteiger partial charge on any atom is -0.493 e. The van der Waals surface area contributed by atoms with Crippen LogP contribution in [-0.2, 0) is 9.47 Å². The predicted octanol–water partition coefficient (Wildman–Crippen LogP) is 1.73. The smallest absolute Gasteiger partial charge is 0.186 e. The number of hydrogen-bond acceptors (Lipinski definition) is 5. The van der Waals surface area contributed by atoms with Gasteiger partial charge in [0.2, 0.25) is 0 Å². The van der Waals surface area contributed by atoms with Crippen molar-refractivity contribution < 1.29 is 18.9 Å². The molecule has 1 fully saturated rings. The second-order valence-corrected chi connectivity index (χ2v) is 4.24. The first kappa shape index (κ1) is 13.4.